The van der Waals surface area contributed by atoms with E-state index >= 15 is 0 Å². The second-order valence-corrected chi connectivity index (χ2v) is 6.95. The van der Waals surface area contributed by atoms with Gasteiger partial charge in [0.15, 0.2) is 0 Å². The highest BCUT2D eigenvalue weighted by atomic mass is 79.9. The fourth-order valence-electron chi connectivity index (χ4n) is 1.39. The topological polar surface area (TPSA) is 37.4 Å². The van der Waals surface area contributed by atoms with E-state index in [1.54, 1.807) is 4.31 Å². The summed E-state index contributed by atoms with van der Waals surface area (Å²) >= 11 is 3.39. The van der Waals surface area contributed by atoms with Gasteiger partial charge in [0.05, 0.1) is 5.75 Å². The second kappa shape index (κ2) is 3.87. The number of hydrogen-bond donors (Lipinski definition) is 0. The molecule has 1 rings (SSSR count). The lowest BCUT2D eigenvalue weighted by molar-refractivity contribution is 0.302. The van der Waals surface area contributed by atoms with Crippen molar-refractivity contribution in [2.24, 2.45) is 5.41 Å². The van der Waals surface area contributed by atoms with Gasteiger partial charge in [0.25, 0.3) is 0 Å². The molecule has 0 bridgehead atoms. The maximum atomic E-state index is 11.5. The van der Waals surface area contributed by atoms with Gasteiger partial charge in [-0.3, -0.25) is 0 Å². The minimum Gasteiger partial charge on any atom is -0.212 e. The predicted molar refractivity (Wildman–Crippen MR) is 57.6 cm³/mol. The molecule has 0 N–H and O–H groups in total. The Labute approximate surface area is 88.7 Å². The Kier molecular flexibility index (Phi) is 3.41. The molecule has 1 aliphatic rings. The molecule has 1 saturated heterocycles. The number of hydrogen-bond acceptors (Lipinski definition) is 2. The molecule has 1 aliphatic heterocycles. The molecule has 0 radical (unpaired) electrons. The van der Waals surface area contributed by atoms with Gasteiger partial charge in [-0.25, -0.2) is 12.7 Å². The summed E-state index contributed by atoms with van der Waals surface area (Å²) in [7, 11) is -2.92. The maximum absolute atomic E-state index is 11.5. The molecule has 1 fully saturated rings. The summed E-state index contributed by atoms with van der Waals surface area (Å²) in [5.74, 6) is 0.325. The molecule has 0 atom stereocenters. The van der Waals surface area contributed by atoms with Crippen LogP contribution in [0.2, 0.25) is 0 Å². The van der Waals surface area contributed by atoms with Crippen LogP contribution in [0, 0.1) is 5.41 Å². The van der Waals surface area contributed by atoms with E-state index in [-0.39, 0.29) is 5.41 Å². The van der Waals surface area contributed by atoms with Crippen molar-refractivity contribution in [2.75, 3.05) is 24.2 Å². The van der Waals surface area contributed by atoms with Gasteiger partial charge in [-0.1, -0.05) is 29.8 Å². The van der Waals surface area contributed by atoms with Crippen LogP contribution in [-0.2, 0) is 10.0 Å². The monoisotopic (exact) mass is 269 g/mol. The molecule has 0 unspecified atom stereocenters. The molecule has 0 aromatic carbocycles. The van der Waals surface area contributed by atoms with Gasteiger partial charge >= 0.3 is 0 Å². The van der Waals surface area contributed by atoms with E-state index in [1.807, 2.05) is 0 Å². The van der Waals surface area contributed by atoms with E-state index in [1.165, 1.54) is 0 Å². The summed E-state index contributed by atoms with van der Waals surface area (Å²) in [6.45, 7) is 5.45. The summed E-state index contributed by atoms with van der Waals surface area (Å²) in [4.78, 5) is 0. The molecular weight excluding hydrogens is 254 g/mol. The number of alkyl halides is 1. The molecule has 78 valence electrons. The fraction of sp³-hybridized carbons (Fsp3) is 1.00. The van der Waals surface area contributed by atoms with Gasteiger partial charge in [0, 0.05) is 18.4 Å². The molecule has 13 heavy (non-hydrogen) atoms. The quantitative estimate of drug-likeness (QED) is 0.728. The van der Waals surface area contributed by atoms with E-state index in [2.05, 4.69) is 29.8 Å². The van der Waals surface area contributed by atoms with Crippen molar-refractivity contribution in [1.82, 2.24) is 4.31 Å². The van der Waals surface area contributed by atoms with Crippen LogP contribution < -0.4 is 0 Å². The Bertz CT molecular complexity index is 274. The van der Waals surface area contributed by atoms with Crippen molar-refractivity contribution >= 4 is 26.0 Å². The Balaban J connectivity index is 2.65. The van der Waals surface area contributed by atoms with Crippen molar-refractivity contribution in [2.45, 2.75) is 20.3 Å². The van der Waals surface area contributed by atoms with Crippen molar-refractivity contribution < 1.29 is 8.42 Å². The lowest BCUT2D eigenvalue weighted by atomic mass is 9.97. The number of rotatable bonds is 3. The fourth-order valence-corrected chi connectivity index (χ4v) is 3.27. The van der Waals surface area contributed by atoms with Crippen molar-refractivity contribution in [3.05, 3.63) is 0 Å². The molecule has 0 aromatic rings. The Hall–Kier alpha value is 0.390. The summed E-state index contributed by atoms with van der Waals surface area (Å²) < 4.78 is 24.5. The van der Waals surface area contributed by atoms with Gasteiger partial charge < -0.3 is 0 Å². The molecule has 0 saturated carbocycles. The SMILES string of the molecule is CC(C)(CBr)CN1CCCS1(=O)=O. The third-order valence-electron chi connectivity index (χ3n) is 2.17. The second-order valence-electron chi connectivity index (χ2n) is 4.30. The molecule has 0 aromatic heterocycles. The first-order valence-electron chi connectivity index (χ1n) is 4.41. The average Bonchev–Trinajstić information content (AvgIpc) is 2.31. The smallest absolute Gasteiger partial charge is 0.212 e. The van der Waals surface area contributed by atoms with Crippen molar-refractivity contribution in [3.63, 3.8) is 0 Å². The van der Waals surface area contributed by atoms with Gasteiger partial charge in [-0.15, -0.1) is 0 Å². The lowest BCUT2D eigenvalue weighted by Gasteiger charge is -2.27. The van der Waals surface area contributed by atoms with Crippen molar-refractivity contribution in [1.29, 1.82) is 0 Å². The molecule has 1 heterocycles. The largest absolute Gasteiger partial charge is 0.214 e. The van der Waals surface area contributed by atoms with Crippen LogP contribution in [0.5, 0.6) is 0 Å². The highest BCUT2D eigenvalue weighted by Crippen LogP contribution is 2.24. The van der Waals surface area contributed by atoms with E-state index in [0.717, 1.165) is 11.8 Å². The molecule has 0 amide bonds. The van der Waals surface area contributed by atoms with Crippen LogP contribution in [0.25, 0.3) is 0 Å². The first-order chi connectivity index (χ1) is 5.87. The Morgan fingerprint density at radius 3 is 2.46 bits per heavy atom. The van der Waals surface area contributed by atoms with Crippen molar-refractivity contribution in [3.8, 4) is 0 Å². The van der Waals surface area contributed by atoms with E-state index in [4.69, 9.17) is 0 Å². The Morgan fingerprint density at radius 1 is 1.46 bits per heavy atom. The van der Waals surface area contributed by atoms with Crippen LogP contribution in [-0.4, -0.2) is 36.9 Å². The molecule has 0 spiro atoms. The average molecular weight is 270 g/mol. The van der Waals surface area contributed by atoms with Crippen LogP contribution in [0.15, 0.2) is 0 Å². The zero-order valence-corrected chi connectivity index (χ0v) is 10.5. The first-order valence-corrected chi connectivity index (χ1v) is 7.14. The minimum atomic E-state index is -2.92. The summed E-state index contributed by atoms with van der Waals surface area (Å²) in [6, 6.07) is 0. The zero-order chi connectivity index (χ0) is 10.1. The highest BCUT2D eigenvalue weighted by molar-refractivity contribution is 9.09. The molecular formula is C8H16BrNO2S. The van der Waals surface area contributed by atoms with Gasteiger partial charge in [0.1, 0.15) is 0 Å². The third kappa shape index (κ3) is 2.92. The predicted octanol–water partition coefficient (Wildman–Crippen LogP) is 1.44. The summed E-state index contributed by atoms with van der Waals surface area (Å²) in [5.41, 5.74) is 0.0252. The number of halogens is 1. The van der Waals surface area contributed by atoms with E-state index < -0.39 is 10.0 Å². The lowest BCUT2D eigenvalue weighted by Crippen LogP contribution is -2.36. The van der Waals surface area contributed by atoms with Gasteiger partial charge in [0.2, 0.25) is 10.0 Å². The molecule has 0 aliphatic carbocycles. The standard InChI is InChI=1S/C8H16BrNO2S/c1-8(2,6-9)7-10-4-3-5-13(10,11)12/h3-7H2,1-2H3. The third-order valence-corrected chi connectivity index (χ3v) is 5.59. The Morgan fingerprint density at radius 2 is 2.08 bits per heavy atom. The zero-order valence-electron chi connectivity index (χ0n) is 8.09. The first kappa shape index (κ1) is 11.5. The minimum absolute atomic E-state index is 0.0252. The maximum Gasteiger partial charge on any atom is 0.214 e. The summed E-state index contributed by atoms with van der Waals surface area (Å²) in [5, 5.41) is 0.825. The van der Waals surface area contributed by atoms with E-state index in [0.29, 0.717) is 18.8 Å². The van der Waals surface area contributed by atoms with Crippen LogP contribution in [0.1, 0.15) is 20.3 Å². The summed E-state index contributed by atoms with van der Waals surface area (Å²) in [6.07, 6.45) is 0.778. The van der Waals surface area contributed by atoms with Crippen LogP contribution in [0.3, 0.4) is 0 Å². The normalized spacial score (nSPS) is 23.6. The van der Waals surface area contributed by atoms with Gasteiger partial charge in [-0.05, 0) is 11.8 Å². The number of nitrogens with zero attached hydrogens (tertiary/aromatic N) is 1. The molecule has 3 nitrogen and oxygen atoms in total. The van der Waals surface area contributed by atoms with Crippen LogP contribution in [0.4, 0.5) is 0 Å². The molecule has 5 heteroatoms. The highest BCUT2D eigenvalue weighted by Gasteiger charge is 2.32. The van der Waals surface area contributed by atoms with E-state index in [9.17, 15) is 8.42 Å². The van der Waals surface area contributed by atoms with Gasteiger partial charge in [-0.2, -0.15) is 0 Å². The van der Waals surface area contributed by atoms with Crippen LogP contribution >= 0.6 is 15.9 Å². The number of sulfonamides is 1.